The molecule has 0 radical (unpaired) electrons. The number of fused-ring (bicyclic) bond motifs is 5. The van der Waals surface area contributed by atoms with Crippen molar-refractivity contribution < 1.29 is 9.18 Å². The van der Waals surface area contributed by atoms with E-state index in [9.17, 15) is 9.18 Å². The average molecular weight is 325 g/mol. The van der Waals surface area contributed by atoms with Crippen molar-refractivity contribution >= 4 is 5.91 Å². The summed E-state index contributed by atoms with van der Waals surface area (Å²) >= 11 is 0. The summed E-state index contributed by atoms with van der Waals surface area (Å²) in [6.45, 7) is 5.88. The van der Waals surface area contributed by atoms with Gasteiger partial charge in [0.25, 0.3) is 0 Å². The van der Waals surface area contributed by atoms with Crippen molar-refractivity contribution in [3.8, 4) is 11.3 Å². The highest BCUT2D eigenvalue weighted by atomic mass is 19.1. The number of hydrogen-bond donors (Lipinski definition) is 1. The molecule has 1 fully saturated rings. The number of aromatic nitrogens is 2. The van der Waals surface area contributed by atoms with Gasteiger partial charge < -0.3 is 5.32 Å². The number of halogens is 1. The molecule has 0 unspecified atom stereocenters. The van der Waals surface area contributed by atoms with Gasteiger partial charge in [-0.25, -0.2) is 4.39 Å². The first-order valence-electron chi connectivity index (χ1n) is 8.28. The minimum Gasteiger partial charge on any atom is -0.345 e. The molecule has 1 aromatic carbocycles. The third-order valence-corrected chi connectivity index (χ3v) is 5.92. The molecule has 24 heavy (non-hydrogen) atoms. The van der Waals surface area contributed by atoms with Crippen molar-refractivity contribution in [3.05, 3.63) is 47.4 Å². The Morgan fingerprint density at radius 1 is 1.29 bits per heavy atom. The molecular weight excluding hydrogens is 305 g/mol. The molecule has 4 nitrogen and oxygen atoms in total. The van der Waals surface area contributed by atoms with Crippen molar-refractivity contribution in [2.24, 2.45) is 5.41 Å². The van der Waals surface area contributed by atoms with Gasteiger partial charge in [0.1, 0.15) is 5.82 Å². The maximum absolute atomic E-state index is 14.1. The van der Waals surface area contributed by atoms with Crippen LogP contribution in [0.15, 0.2) is 30.3 Å². The van der Waals surface area contributed by atoms with Crippen LogP contribution < -0.4 is 5.32 Å². The fraction of sp³-hybridized carbons (Fsp3) is 0.421. The van der Waals surface area contributed by atoms with Gasteiger partial charge in [-0.05, 0) is 42.5 Å². The van der Waals surface area contributed by atoms with Gasteiger partial charge in [0.15, 0.2) is 0 Å². The van der Waals surface area contributed by atoms with Crippen molar-refractivity contribution in [2.75, 3.05) is 0 Å². The first-order chi connectivity index (χ1) is 11.4. The maximum atomic E-state index is 14.1. The molecule has 1 amide bonds. The van der Waals surface area contributed by atoms with E-state index in [1.165, 1.54) is 13.0 Å². The molecule has 1 saturated carbocycles. The number of hydrogen-bond acceptors (Lipinski definition) is 3. The van der Waals surface area contributed by atoms with Crippen LogP contribution in [0.5, 0.6) is 0 Å². The number of nitrogens with zero attached hydrogens (tertiary/aromatic N) is 2. The summed E-state index contributed by atoms with van der Waals surface area (Å²) in [5, 5.41) is 11.9. The minimum absolute atomic E-state index is 0.0587. The highest BCUT2D eigenvalue weighted by Gasteiger charge is 2.64. The molecule has 2 bridgehead atoms. The predicted molar refractivity (Wildman–Crippen MR) is 88.7 cm³/mol. The Labute approximate surface area is 140 Å². The van der Waals surface area contributed by atoms with Crippen LogP contribution in [0, 0.1) is 11.2 Å². The predicted octanol–water partition coefficient (Wildman–Crippen LogP) is 3.53. The van der Waals surface area contributed by atoms with E-state index in [0.29, 0.717) is 17.2 Å². The number of carbonyl (C=O) groups is 1. The third kappa shape index (κ3) is 1.81. The van der Waals surface area contributed by atoms with Crippen molar-refractivity contribution in [3.63, 3.8) is 0 Å². The monoisotopic (exact) mass is 325 g/mol. The van der Waals surface area contributed by atoms with Crippen LogP contribution in [-0.4, -0.2) is 16.1 Å². The Bertz CT molecular complexity index is 848. The Balaban J connectivity index is 1.88. The summed E-state index contributed by atoms with van der Waals surface area (Å²) in [5.41, 5.74) is 2.34. The SMILES string of the molecule is CC(=O)N[C@@]12CC[C@@H](c3cc(-c4ccccc4F)nnc31)C2(C)C. The lowest BCUT2D eigenvalue weighted by molar-refractivity contribution is -0.122. The minimum atomic E-state index is -0.473. The molecule has 0 spiro atoms. The lowest BCUT2D eigenvalue weighted by Crippen LogP contribution is -2.50. The van der Waals surface area contributed by atoms with Crippen molar-refractivity contribution in [1.29, 1.82) is 0 Å². The van der Waals surface area contributed by atoms with Crippen LogP contribution in [0.2, 0.25) is 0 Å². The summed E-state index contributed by atoms with van der Waals surface area (Å²) in [5.74, 6) is -0.0670. The Kier molecular flexibility index (Phi) is 3.08. The second-order valence-electron chi connectivity index (χ2n) is 7.41. The lowest BCUT2D eigenvalue weighted by atomic mass is 9.75. The van der Waals surface area contributed by atoms with E-state index in [2.05, 4.69) is 29.4 Å². The van der Waals surface area contributed by atoms with Gasteiger partial charge in [0, 0.05) is 17.9 Å². The highest BCUT2D eigenvalue weighted by molar-refractivity contribution is 5.75. The first kappa shape index (κ1) is 15.2. The van der Waals surface area contributed by atoms with Gasteiger partial charge in [-0.15, -0.1) is 0 Å². The van der Waals surface area contributed by atoms with E-state index >= 15 is 0 Å². The van der Waals surface area contributed by atoms with Gasteiger partial charge >= 0.3 is 0 Å². The molecule has 2 aliphatic carbocycles. The van der Waals surface area contributed by atoms with E-state index in [1.54, 1.807) is 18.2 Å². The molecule has 2 aliphatic rings. The van der Waals surface area contributed by atoms with Crippen LogP contribution in [0.1, 0.15) is 50.8 Å². The highest BCUT2D eigenvalue weighted by Crippen LogP contribution is 2.66. The Hall–Kier alpha value is -2.30. The van der Waals surface area contributed by atoms with Crippen LogP contribution in [0.25, 0.3) is 11.3 Å². The summed E-state index contributed by atoms with van der Waals surface area (Å²) in [6.07, 6.45) is 1.85. The molecule has 5 heteroatoms. The van der Waals surface area contributed by atoms with Crippen LogP contribution >= 0.6 is 0 Å². The lowest BCUT2D eigenvalue weighted by Gasteiger charge is -2.38. The average Bonchev–Trinajstić information content (AvgIpc) is 2.88. The number of nitrogens with one attached hydrogen (secondary N) is 1. The van der Waals surface area contributed by atoms with Gasteiger partial charge in [0.2, 0.25) is 5.91 Å². The van der Waals surface area contributed by atoms with Gasteiger partial charge in [-0.2, -0.15) is 10.2 Å². The topological polar surface area (TPSA) is 54.9 Å². The second-order valence-corrected chi connectivity index (χ2v) is 7.41. The largest absolute Gasteiger partial charge is 0.345 e. The fourth-order valence-corrected chi connectivity index (χ4v) is 4.70. The molecule has 124 valence electrons. The molecule has 4 rings (SSSR count). The first-order valence-corrected chi connectivity index (χ1v) is 8.28. The summed E-state index contributed by atoms with van der Waals surface area (Å²) in [4.78, 5) is 11.8. The summed E-state index contributed by atoms with van der Waals surface area (Å²) in [7, 11) is 0. The molecule has 2 aromatic rings. The fourth-order valence-electron chi connectivity index (χ4n) is 4.70. The van der Waals surface area contributed by atoms with Crippen LogP contribution in [-0.2, 0) is 10.3 Å². The Morgan fingerprint density at radius 3 is 2.75 bits per heavy atom. The van der Waals surface area contributed by atoms with Crippen LogP contribution in [0.4, 0.5) is 4.39 Å². The number of rotatable bonds is 2. The zero-order valence-electron chi connectivity index (χ0n) is 14.1. The summed E-state index contributed by atoms with van der Waals surface area (Å²) < 4.78 is 14.1. The normalized spacial score (nSPS) is 26.2. The quantitative estimate of drug-likeness (QED) is 0.919. The molecule has 0 aliphatic heterocycles. The van der Waals surface area contributed by atoms with E-state index in [-0.39, 0.29) is 17.1 Å². The maximum Gasteiger partial charge on any atom is 0.217 e. The standard InChI is InChI=1S/C19H20FN3O/c1-11(24)21-19-9-8-14(18(19,2)3)13-10-16(22-23-17(13)19)12-6-4-5-7-15(12)20/h4-7,10,14H,8-9H2,1-3H3,(H,21,24)/t14-,19-/m0/s1. The van der Waals surface area contributed by atoms with E-state index in [1.807, 2.05) is 6.07 Å². The van der Waals surface area contributed by atoms with E-state index in [4.69, 9.17) is 0 Å². The summed E-state index contributed by atoms with van der Waals surface area (Å²) in [6, 6.07) is 8.56. The van der Waals surface area contributed by atoms with Crippen molar-refractivity contribution in [2.45, 2.75) is 45.1 Å². The second kappa shape index (κ2) is 4.85. The number of carbonyl (C=O) groups excluding carboxylic acids is 1. The molecule has 1 aromatic heterocycles. The van der Waals surface area contributed by atoms with Crippen molar-refractivity contribution in [1.82, 2.24) is 15.5 Å². The number of amides is 1. The molecule has 2 atom stereocenters. The van der Waals surface area contributed by atoms with E-state index in [0.717, 1.165) is 24.1 Å². The third-order valence-electron chi connectivity index (χ3n) is 5.92. The van der Waals surface area contributed by atoms with Crippen LogP contribution in [0.3, 0.4) is 0 Å². The zero-order valence-corrected chi connectivity index (χ0v) is 14.1. The van der Waals surface area contributed by atoms with Gasteiger partial charge in [-0.1, -0.05) is 26.0 Å². The molecule has 1 N–H and O–H groups in total. The van der Waals surface area contributed by atoms with Gasteiger partial charge in [-0.3, -0.25) is 4.79 Å². The number of benzene rings is 1. The molecule has 0 saturated heterocycles. The smallest absolute Gasteiger partial charge is 0.217 e. The van der Waals surface area contributed by atoms with Gasteiger partial charge in [0.05, 0.1) is 16.9 Å². The molecule has 1 heterocycles. The zero-order chi connectivity index (χ0) is 17.1. The Morgan fingerprint density at radius 2 is 2.04 bits per heavy atom. The molecular formula is C19H20FN3O. The van der Waals surface area contributed by atoms with E-state index < -0.39 is 5.54 Å².